The molecule has 2 unspecified atom stereocenters. The molecule has 1 aromatic rings. The molecule has 5 nitrogen and oxygen atoms in total. The van der Waals surface area contributed by atoms with Crippen LogP contribution in [0.5, 0.6) is 0 Å². The van der Waals surface area contributed by atoms with Crippen LogP contribution in [-0.2, 0) is 15.7 Å². The predicted octanol–water partition coefficient (Wildman–Crippen LogP) is 4.32. The van der Waals surface area contributed by atoms with Gasteiger partial charge < -0.3 is 19.9 Å². The summed E-state index contributed by atoms with van der Waals surface area (Å²) in [6, 6.07) is 6.51. The summed E-state index contributed by atoms with van der Waals surface area (Å²) in [5.41, 5.74) is -0.798. The Hall–Kier alpha value is -1.80. The molecular formula is C25H36F3N3O2. The zero-order valence-corrected chi connectivity index (χ0v) is 19.7. The number of amides is 1. The first-order valence-electron chi connectivity index (χ1n) is 12.2. The zero-order valence-electron chi connectivity index (χ0n) is 19.7. The van der Waals surface area contributed by atoms with Crippen molar-refractivity contribution in [2.24, 2.45) is 11.3 Å². The normalized spacial score (nSPS) is 27.4. The van der Waals surface area contributed by atoms with Gasteiger partial charge in [-0.15, -0.1) is 0 Å². The van der Waals surface area contributed by atoms with Crippen molar-refractivity contribution in [3.05, 3.63) is 29.8 Å². The van der Waals surface area contributed by atoms with Gasteiger partial charge in [0.1, 0.15) is 0 Å². The maximum Gasteiger partial charge on any atom is 0.418 e. The fraction of sp³-hybridized carbons (Fsp3) is 0.720. The van der Waals surface area contributed by atoms with E-state index in [0.29, 0.717) is 38.3 Å². The van der Waals surface area contributed by atoms with Crippen LogP contribution in [0.3, 0.4) is 0 Å². The van der Waals surface area contributed by atoms with Crippen molar-refractivity contribution in [1.82, 2.24) is 10.2 Å². The summed E-state index contributed by atoms with van der Waals surface area (Å²) >= 11 is 0. The lowest BCUT2D eigenvalue weighted by molar-refractivity contribution is -0.145. The molecule has 3 aliphatic rings. The molecule has 1 amide bonds. The molecule has 1 aliphatic carbocycles. The number of carbonyl (C=O) groups is 1. The minimum Gasteiger partial charge on any atom is -0.381 e. The molecule has 0 radical (unpaired) electrons. The summed E-state index contributed by atoms with van der Waals surface area (Å²) < 4.78 is 45.8. The highest BCUT2D eigenvalue weighted by Gasteiger charge is 2.50. The number of anilines is 1. The average molecular weight is 468 g/mol. The minimum atomic E-state index is -4.39. The molecule has 1 N–H and O–H groups in total. The predicted molar refractivity (Wildman–Crippen MR) is 122 cm³/mol. The molecule has 2 atom stereocenters. The third-order valence-electron chi connectivity index (χ3n) is 7.89. The van der Waals surface area contributed by atoms with E-state index in [1.165, 1.54) is 12.1 Å². The van der Waals surface area contributed by atoms with Crippen molar-refractivity contribution in [2.75, 3.05) is 44.3 Å². The van der Waals surface area contributed by atoms with Crippen LogP contribution in [-0.4, -0.2) is 62.3 Å². The molecule has 3 fully saturated rings. The summed E-state index contributed by atoms with van der Waals surface area (Å²) in [5.74, 6) is 0.396. The fourth-order valence-corrected chi connectivity index (χ4v) is 5.84. The van der Waals surface area contributed by atoms with Crippen LogP contribution in [0.4, 0.5) is 18.9 Å². The molecule has 0 spiro atoms. The highest BCUT2D eigenvalue weighted by atomic mass is 19.4. The Morgan fingerprint density at radius 2 is 1.73 bits per heavy atom. The van der Waals surface area contributed by atoms with Crippen molar-refractivity contribution in [3.63, 3.8) is 0 Å². The van der Waals surface area contributed by atoms with E-state index < -0.39 is 17.2 Å². The molecule has 2 heterocycles. The molecule has 0 aromatic heterocycles. The molecular weight excluding hydrogens is 431 g/mol. The maximum absolute atomic E-state index is 13.8. The van der Waals surface area contributed by atoms with Gasteiger partial charge in [-0.2, -0.15) is 13.2 Å². The first-order chi connectivity index (χ1) is 15.7. The molecule has 2 saturated heterocycles. The van der Waals surface area contributed by atoms with Crippen LogP contribution < -0.4 is 10.2 Å². The van der Waals surface area contributed by atoms with Crippen LogP contribution >= 0.6 is 0 Å². The van der Waals surface area contributed by atoms with Crippen molar-refractivity contribution in [2.45, 2.75) is 64.2 Å². The summed E-state index contributed by atoms with van der Waals surface area (Å²) in [5, 5.41) is 3.77. The van der Waals surface area contributed by atoms with Gasteiger partial charge in [0.25, 0.3) is 0 Å². The number of para-hydroxylation sites is 1. The van der Waals surface area contributed by atoms with Crippen LogP contribution in [0.1, 0.15) is 51.5 Å². The summed E-state index contributed by atoms with van der Waals surface area (Å²) in [6.45, 7) is 7.58. The number of benzene rings is 1. The lowest BCUT2D eigenvalue weighted by Crippen LogP contribution is -2.54. The highest BCUT2D eigenvalue weighted by Crippen LogP contribution is 2.46. The van der Waals surface area contributed by atoms with Gasteiger partial charge in [0, 0.05) is 57.2 Å². The summed E-state index contributed by atoms with van der Waals surface area (Å²) in [7, 11) is 0. The second-order valence-corrected chi connectivity index (χ2v) is 10.1. The molecule has 1 aromatic carbocycles. The standard InChI is InChI=1S/C25H36F3N3O2/c1-18(2)24(10-7-20(17-24)29-19-8-15-33-16-9-19)23(32)31-13-11-30(12-14-31)22-6-4-3-5-21(22)25(26,27)28/h3-6,18-20,29H,7-17H2,1-2H3. The Morgan fingerprint density at radius 1 is 1.06 bits per heavy atom. The molecule has 4 rings (SSSR count). The Kier molecular flexibility index (Phi) is 7.24. The summed E-state index contributed by atoms with van der Waals surface area (Å²) in [6.07, 6.45) is 0.322. The number of hydrogen-bond acceptors (Lipinski definition) is 4. The number of halogens is 3. The quantitative estimate of drug-likeness (QED) is 0.701. The van der Waals surface area contributed by atoms with E-state index in [2.05, 4.69) is 19.2 Å². The topological polar surface area (TPSA) is 44.8 Å². The molecule has 184 valence electrons. The van der Waals surface area contributed by atoms with Gasteiger partial charge in [-0.1, -0.05) is 26.0 Å². The SMILES string of the molecule is CC(C)C1(C(=O)N2CCN(c3ccccc3C(F)(F)F)CC2)CCC(NC2CCOCC2)C1. The second kappa shape index (κ2) is 9.82. The number of nitrogens with one attached hydrogen (secondary N) is 1. The first kappa shape index (κ1) is 24.3. The zero-order chi connectivity index (χ0) is 23.6. The lowest BCUT2D eigenvalue weighted by atomic mass is 9.74. The van der Waals surface area contributed by atoms with Crippen LogP contribution in [0.25, 0.3) is 0 Å². The van der Waals surface area contributed by atoms with E-state index >= 15 is 0 Å². The average Bonchev–Trinajstić information content (AvgIpc) is 3.24. The number of rotatable bonds is 5. The number of alkyl halides is 3. The second-order valence-electron chi connectivity index (χ2n) is 10.1. The van der Waals surface area contributed by atoms with E-state index in [-0.39, 0.29) is 17.5 Å². The lowest BCUT2D eigenvalue weighted by Gasteiger charge is -2.42. The number of piperazine rings is 1. The largest absolute Gasteiger partial charge is 0.418 e. The van der Waals surface area contributed by atoms with E-state index in [1.54, 1.807) is 11.0 Å². The third-order valence-corrected chi connectivity index (χ3v) is 7.89. The van der Waals surface area contributed by atoms with Gasteiger partial charge in [0.05, 0.1) is 11.0 Å². The van der Waals surface area contributed by atoms with E-state index in [9.17, 15) is 18.0 Å². The van der Waals surface area contributed by atoms with Crippen LogP contribution in [0, 0.1) is 11.3 Å². The van der Waals surface area contributed by atoms with Gasteiger partial charge in [-0.05, 0) is 50.2 Å². The van der Waals surface area contributed by atoms with Crippen molar-refractivity contribution < 1.29 is 22.7 Å². The monoisotopic (exact) mass is 467 g/mol. The molecule has 0 bridgehead atoms. The number of ether oxygens (including phenoxy) is 1. The highest BCUT2D eigenvalue weighted by molar-refractivity contribution is 5.84. The minimum absolute atomic E-state index is 0.178. The van der Waals surface area contributed by atoms with Gasteiger partial charge in [0.15, 0.2) is 0 Å². The van der Waals surface area contributed by atoms with Gasteiger partial charge in [0.2, 0.25) is 5.91 Å². The number of hydrogen-bond donors (Lipinski definition) is 1. The Bertz CT molecular complexity index is 817. The molecule has 33 heavy (non-hydrogen) atoms. The Morgan fingerprint density at radius 3 is 2.36 bits per heavy atom. The van der Waals surface area contributed by atoms with Crippen LogP contribution in [0.15, 0.2) is 24.3 Å². The fourth-order valence-electron chi connectivity index (χ4n) is 5.84. The molecule has 1 saturated carbocycles. The Balaban J connectivity index is 1.40. The number of carbonyl (C=O) groups excluding carboxylic acids is 1. The molecule has 2 aliphatic heterocycles. The third kappa shape index (κ3) is 5.16. The van der Waals surface area contributed by atoms with Crippen molar-refractivity contribution in [3.8, 4) is 0 Å². The van der Waals surface area contributed by atoms with Crippen molar-refractivity contribution in [1.29, 1.82) is 0 Å². The smallest absolute Gasteiger partial charge is 0.381 e. The van der Waals surface area contributed by atoms with E-state index in [0.717, 1.165) is 51.4 Å². The van der Waals surface area contributed by atoms with Gasteiger partial charge in [-0.3, -0.25) is 4.79 Å². The van der Waals surface area contributed by atoms with Crippen molar-refractivity contribution >= 4 is 11.6 Å². The van der Waals surface area contributed by atoms with E-state index in [4.69, 9.17) is 4.74 Å². The van der Waals surface area contributed by atoms with Crippen LogP contribution in [0.2, 0.25) is 0 Å². The Labute approximate surface area is 194 Å². The maximum atomic E-state index is 13.8. The van der Waals surface area contributed by atoms with Gasteiger partial charge in [-0.25, -0.2) is 0 Å². The molecule has 8 heteroatoms. The van der Waals surface area contributed by atoms with Gasteiger partial charge >= 0.3 is 6.18 Å². The summed E-state index contributed by atoms with van der Waals surface area (Å²) in [4.78, 5) is 17.4. The van der Waals surface area contributed by atoms with E-state index in [1.807, 2.05) is 4.90 Å². The number of nitrogens with zero attached hydrogens (tertiary/aromatic N) is 2. The first-order valence-corrected chi connectivity index (χ1v) is 12.2.